The van der Waals surface area contributed by atoms with Gasteiger partial charge in [-0.3, -0.25) is 4.79 Å². The number of amides is 3. The number of nitrogens with zero attached hydrogens (tertiary/aromatic N) is 1. The summed E-state index contributed by atoms with van der Waals surface area (Å²) in [5.41, 5.74) is 0.264. The SMILES string of the molecule is COc1ccc(N2C(=O)N[C@H]([C@@H](O)[C@H](O)[C@H](O)CO)C2=O)cc1. The van der Waals surface area contributed by atoms with Crippen LogP contribution in [0.2, 0.25) is 0 Å². The minimum atomic E-state index is -1.79. The summed E-state index contributed by atoms with van der Waals surface area (Å²) in [6, 6.07) is 3.90. The van der Waals surface area contributed by atoms with Crippen LogP contribution in [0.25, 0.3) is 0 Å². The second kappa shape index (κ2) is 6.92. The topological polar surface area (TPSA) is 140 Å². The molecule has 4 atom stereocenters. The normalized spacial score (nSPS) is 21.8. The average Bonchev–Trinajstić information content (AvgIpc) is 2.87. The fourth-order valence-corrected chi connectivity index (χ4v) is 2.24. The molecule has 3 amide bonds. The number of aliphatic hydroxyl groups is 4. The molecule has 2 rings (SSSR count). The number of imide groups is 1. The second-order valence-electron chi connectivity index (χ2n) is 5.03. The van der Waals surface area contributed by atoms with Gasteiger partial charge in [-0.25, -0.2) is 9.69 Å². The number of methoxy groups -OCH3 is 1. The molecule has 5 N–H and O–H groups in total. The van der Waals surface area contributed by atoms with Gasteiger partial charge in [-0.1, -0.05) is 0 Å². The van der Waals surface area contributed by atoms with Gasteiger partial charge in [0.2, 0.25) is 0 Å². The van der Waals surface area contributed by atoms with Gasteiger partial charge in [-0.2, -0.15) is 0 Å². The first kappa shape index (κ1) is 17.2. The molecule has 1 aliphatic heterocycles. The number of carbonyl (C=O) groups is 2. The maximum atomic E-state index is 12.3. The summed E-state index contributed by atoms with van der Waals surface area (Å²) in [5.74, 6) is -0.240. The van der Waals surface area contributed by atoms with E-state index in [-0.39, 0.29) is 5.69 Å². The molecule has 0 unspecified atom stereocenters. The molecule has 0 saturated carbocycles. The highest BCUT2D eigenvalue weighted by atomic mass is 16.5. The highest BCUT2D eigenvalue weighted by molar-refractivity contribution is 6.21. The molecule has 1 aromatic rings. The van der Waals surface area contributed by atoms with E-state index < -0.39 is 42.9 Å². The average molecular weight is 326 g/mol. The minimum Gasteiger partial charge on any atom is -0.497 e. The number of rotatable bonds is 6. The maximum Gasteiger partial charge on any atom is 0.329 e. The number of hydrogen-bond acceptors (Lipinski definition) is 7. The van der Waals surface area contributed by atoms with Crippen LogP contribution in [0.15, 0.2) is 24.3 Å². The Hall–Kier alpha value is -2.20. The monoisotopic (exact) mass is 326 g/mol. The van der Waals surface area contributed by atoms with Crippen LogP contribution in [0.5, 0.6) is 5.75 Å². The molecule has 9 nitrogen and oxygen atoms in total. The number of aliphatic hydroxyl groups excluding tert-OH is 4. The Morgan fingerprint density at radius 2 is 1.83 bits per heavy atom. The van der Waals surface area contributed by atoms with E-state index in [9.17, 15) is 24.9 Å². The fraction of sp³-hybridized carbons (Fsp3) is 0.429. The molecule has 1 fully saturated rings. The molecule has 1 heterocycles. The number of hydrogen-bond donors (Lipinski definition) is 5. The summed E-state index contributed by atoms with van der Waals surface area (Å²) in [5, 5.41) is 40.0. The maximum absolute atomic E-state index is 12.3. The van der Waals surface area contributed by atoms with Crippen molar-refractivity contribution in [2.45, 2.75) is 24.4 Å². The minimum absolute atomic E-state index is 0.264. The van der Waals surface area contributed by atoms with Crippen molar-refractivity contribution >= 4 is 17.6 Å². The van der Waals surface area contributed by atoms with Gasteiger partial charge >= 0.3 is 6.03 Å². The van der Waals surface area contributed by atoms with Crippen molar-refractivity contribution in [3.05, 3.63) is 24.3 Å². The van der Waals surface area contributed by atoms with Gasteiger partial charge < -0.3 is 30.5 Å². The third-order valence-corrected chi connectivity index (χ3v) is 3.57. The number of ether oxygens (including phenoxy) is 1. The number of anilines is 1. The summed E-state index contributed by atoms with van der Waals surface area (Å²) in [7, 11) is 1.48. The third-order valence-electron chi connectivity index (χ3n) is 3.57. The Labute approximate surface area is 131 Å². The molecule has 0 spiro atoms. The molecule has 0 bridgehead atoms. The highest BCUT2D eigenvalue weighted by Gasteiger charge is 2.46. The van der Waals surface area contributed by atoms with Gasteiger partial charge in [0, 0.05) is 0 Å². The fourth-order valence-electron chi connectivity index (χ4n) is 2.24. The first-order valence-electron chi connectivity index (χ1n) is 6.84. The quantitative estimate of drug-likeness (QED) is 0.388. The Balaban J connectivity index is 2.19. The van der Waals surface area contributed by atoms with Crippen molar-refractivity contribution in [3.8, 4) is 5.75 Å². The molecule has 1 aromatic carbocycles. The Bertz CT molecular complexity index is 577. The van der Waals surface area contributed by atoms with E-state index in [1.54, 1.807) is 12.1 Å². The van der Waals surface area contributed by atoms with Crippen molar-refractivity contribution in [1.29, 1.82) is 0 Å². The van der Waals surface area contributed by atoms with Crippen LogP contribution in [-0.2, 0) is 4.79 Å². The van der Waals surface area contributed by atoms with Crippen molar-refractivity contribution in [1.82, 2.24) is 5.32 Å². The van der Waals surface area contributed by atoms with E-state index >= 15 is 0 Å². The van der Waals surface area contributed by atoms with Gasteiger partial charge in [0.05, 0.1) is 19.4 Å². The molecule has 0 aromatic heterocycles. The summed E-state index contributed by atoms with van der Waals surface area (Å²) < 4.78 is 4.99. The smallest absolute Gasteiger partial charge is 0.329 e. The largest absolute Gasteiger partial charge is 0.497 e. The molecule has 23 heavy (non-hydrogen) atoms. The Morgan fingerprint density at radius 3 is 2.35 bits per heavy atom. The van der Waals surface area contributed by atoms with Crippen molar-refractivity contribution in [3.63, 3.8) is 0 Å². The zero-order valence-corrected chi connectivity index (χ0v) is 12.3. The predicted octanol–water partition coefficient (Wildman–Crippen LogP) is -1.80. The zero-order valence-electron chi connectivity index (χ0n) is 12.3. The first-order valence-corrected chi connectivity index (χ1v) is 6.84. The highest BCUT2D eigenvalue weighted by Crippen LogP contribution is 2.24. The molecule has 9 heteroatoms. The zero-order chi connectivity index (χ0) is 17.1. The summed E-state index contributed by atoms with van der Waals surface area (Å²) in [6.07, 6.45) is -5.19. The van der Waals surface area contributed by atoms with E-state index in [1.807, 2.05) is 0 Å². The molecule has 1 aliphatic rings. The van der Waals surface area contributed by atoms with Gasteiger partial charge in [0.15, 0.2) is 0 Å². The molecule has 1 saturated heterocycles. The van der Waals surface area contributed by atoms with Crippen LogP contribution in [0, 0.1) is 0 Å². The second-order valence-corrected chi connectivity index (χ2v) is 5.03. The molecule has 0 radical (unpaired) electrons. The van der Waals surface area contributed by atoms with Gasteiger partial charge in [0.1, 0.15) is 30.1 Å². The lowest BCUT2D eigenvalue weighted by atomic mass is 10.0. The number of nitrogens with one attached hydrogen (secondary N) is 1. The van der Waals surface area contributed by atoms with Crippen LogP contribution >= 0.6 is 0 Å². The van der Waals surface area contributed by atoms with E-state index in [0.717, 1.165) is 4.90 Å². The third kappa shape index (κ3) is 3.27. The van der Waals surface area contributed by atoms with E-state index in [1.165, 1.54) is 19.2 Å². The molecule has 0 aliphatic carbocycles. The standard InChI is InChI=1S/C14H18N2O7/c1-23-8-4-2-7(3-5-8)16-13(21)10(15-14(16)22)12(20)11(19)9(18)6-17/h2-5,9-12,17-20H,6H2,1H3,(H,15,22)/t9-,10-,11-,12-/m1/s1. The van der Waals surface area contributed by atoms with E-state index in [0.29, 0.717) is 5.75 Å². The van der Waals surface area contributed by atoms with Crippen LogP contribution < -0.4 is 15.0 Å². The Morgan fingerprint density at radius 1 is 1.22 bits per heavy atom. The van der Waals surface area contributed by atoms with Crippen molar-refractivity contribution < 1.29 is 34.8 Å². The number of urea groups is 1. The first-order chi connectivity index (χ1) is 10.9. The molecule has 126 valence electrons. The van der Waals surface area contributed by atoms with Crippen LogP contribution in [0.4, 0.5) is 10.5 Å². The lowest BCUT2D eigenvalue weighted by Gasteiger charge is -2.24. The molecular weight excluding hydrogens is 308 g/mol. The van der Waals surface area contributed by atoms with Crippen molar-refractivity contribution in [2.24, 2.45) is 0 Å². The summed E-state index contributed by atoms with van der Waals surface area (Å²) in [4.78, 5) is 25.1. The van der Waals surface area contributed by atoms with Gasteiger partial charge in [-0.05, 0) is 24.3 Å². The number of carbonyl (C=O) groups excluding carboxylic acids is 2. The lowest BCUT2D eigenvalue weighted by molar-refractivity contribution is -0.127. The summed E-state index contributed by atoms with van der Waals surface area (Å²) in [6.45, 7) is -0.796. The van der Waals surface area contributed by atoms with E-state index in [2.05, 4.69) is 5.32 Å². The van der Waals surface area contributed by atoms with Gasteiger partial charge in [-0.15, -0.1) is 0 Å². The van der Waals surface area contributed by atoms with Crippen LogP contribution in [0.3, 0.4) is 0 Å². The Kier molecular flexibility index (Phi) is 5.16. The predicted molar refractivity (Wildman–Crippen MR) is 77.9 cm³/mol. The van der Waals surface area contributed by atoms with Crippen LogP contribution in [-0.4, -0.2) is 70.4 Å². The molecular formula is C14H18N2O7. The van der Waals surface area contributed by atoms with Crippen LogP contribution in [0.1, 0.15) is 0 Å². The number of benzene rings is 1. The summed E-state index contributed by atoms with van der Waals surface area (Å²) >= 11 is 0. The van der Waals surface area contributed by atoms with Gasteiger partial charge in [0.25, 0.3) is 5.91 Å². The lowest BCUT2D eigenvalue weighted by Crippen LogP contribution is -2.52. The van der Waals surface area contributed by atoms with E-state index in [4.69, 9.17) is 9.84 Å². The van der Waals surface area contributed by atoms with Crippen molar-refractivity contribution in [2.75, 3.05) is 18.6 Å².